The first-order chi connectivity index (χ1) is 11.3. The number of carbonyl (C=O) groups is 1. The molecule has 2 aliphatic rings. The fraction of sp³-hybridized carbons (Fsp3) is 0.733. The molecule has 0 spiro atoms. The van der Waals surface area contributed by atoms with Crippen LogP contribution in [0.4, 0.5) is 0 Å². The van der Waals surface area contributed by atoms with Gasteiger partial charge in [0.2, 0.25) is 10.0 Å². The SMILES string of the molecule is CN(C)C1CCN(C(=O)c2n[nH]c3c2CCN(S(C)(=O)=O)C3)CC1. The Morgan fingerprint density at radius 3 is 2.50 bits per heavy atom. The third-order valence-corrected chi connectivity index (χ3v) is 6.30. The van der Waals surface area contributed by atoms with Gasteiger partial charge in [-0.25, -0.2) is 8.42 Å². The van der Waals surface area contributed by atoms with Gasteiger partial charge in [-0.1, -0.05) is 0 Å². The Morgan fingerprint density at radius 2 is 1.92 bits per heavy atom. The maximum absolute atomic E-state index is 12.8. The fourth-order valence-electron chi connectivity index (χ4n) is 3.49. The second kappa shape index (κ2) is 6.45. The van der Waals surface area contributed by atoms with Gasteiger partial charge in [-0.3, -0.25) is 9.89 Å². The Bertz CT molecular complexity index is 719. The molecule has 1 saturated heterocycles. The van der Waals surface area contributed by atoms with Crippen LogP contribution in [-0.2, 0) is 23.0 Å². The van der Waals surface area contributed by atoms with Crippen molar-refractivity contribution in [2.75, 3.05) is 40.0 Å². The van der Waals surface area contributed by atoms with Gasteiger partial charge < -0.3 is 9.80 Å². The van der Waals surface area contributed by atoms with Gasteiger partial charge in [-0.05, 0) is 33.4 Å². The Balaban J connectivity index is 1.71. The van der Waals surface area contributed by atoms with Crippen LogP contribution in [0.1, 0.15) is 34.6 Å². The summed E-state index contributed by atoms with van der Waals surface area (Å²) in [7, 11) is 0.910. The molecule has 0 atom stereocenters. The molecule has 1 N–H and O–H groups in total. The second-order valence-electron chi connectivity index (χ2n) is 6.86. The fourth-order valence-corrected chi connectivity index (χ4v) is 4.27. The topological polar surface area (TPSA) is 89.6 Å². The third-order valence-electron chi connectivity index (χ3n) is 5.05. The number of sulfonamides is 1. The highest BCUT2D eigenvalue weighted by Crippen LogP contribution is 2.24. The van der Waals surface area contributed by atoms with E-state index < -0.39 is 10.0 Å². The van der Waals surface area contributed by atoms with Crippen LogP contribution in [0.25, 0.3) is 0 Å². The lowest BCUT2D eigenvalue weighted by Gasteiger charge is -2.35. The first kappa shape index (κ1) is 17.4. The number of piperidine rings is 1. The van der Waals surface area contributed by atoms with Crippen molar-refractivity contribution in [1.82, 2.24) is 24.3 Å². The maximum Gasteiger partial charge on any atom is 0.274 e. The van der Waals surface area contributed by atoms with E-state index in [1.807, 2.05) is 4.90 Å². The number of hydrogen-bond donors (Lipinski definition) is 1. The van der Waals surface area contributed by atoms with Crippen molar-refractivity contribution in [2.24, 2.45) is 0 Å². The lowest BCUT2D eigenvalue weighted by Crippen LogP contribution is -2.45. The number of nitrogens with one attached hydrogen (secondary N) is 1. The molecule has 2 aliphatic heterocycles. The number of hydrogen-bond acceptors (Lipinski definition) is 5. The van der Waals surface area contributed by atoms with E-state index in [1.54, 1.807) is 0 Å². The summed E-state index contributed by atoms with van der Waals surface area (Å²) in [4.78, 5) is 16.9. The van der Waals surface area contributed by atoms with Gasteiger partial charge in [0.05, 0.1) is 18.5 Å². The summed E-state index contributed by atoms with van der Waals surface area (Å²) < 4.78 is 24.8. The average Bonchev–Trinajstić information content (AvgIpc) is 2.96. The number of H-pyrrole nitrogens is 1. The number of nitrogens with zero attached hydrogens (tertiary/aromatic N) is 4. The lowest BCUT2D eigenvalue weighted by molar-refractivity contribution is 0.0656. The van der Waals surface area contributed by atoms with E-state index in [9.17, 15) is 13.2 Å². The molecule has 1 aromatic rings. The Labute approximate surface area is 142 Å². The van der Waals surface area contributed by atoms with Crippen molar-refractivity contribution in [3.8, 4) is 0 Å². The van der Waals surface area contributed by atoms with E-state index in [1.165, 1.54) is 10.6 Å². The summed E-state index contributed by atoms with van der Waals surface area (Å²) in [5.74, 6) is -0.0440. The van der Waals surface area contributed by atoms with Gasteiger partial charge in [0.1, 0.15) is 0 Å². The number of likely N-dealkylation sites (tertiary alicyclic amines) is 1. The molecular weight excluding hydrogens is 330 g/mol. The Hall–Kier alpha value is -1.45. The monoisotopic (exact) mass is 355 g/mol. The van der Waals surface area contributed by atoms with Gasteiger partial charge >= 0.3 is 0 Å². The largest absolute Gasteiger partial charge is 0.337 e. The van der Waals surface area contributed by atoms with Crippen LogP contribution in [0, 0.1) is 0 Å². The van der Waals surface area contributed by atoms with Crippen LogP contribution >= 0.6 is 0 Å². The van der Waals surface area contributed by atoms with Crippen LogP contribution < -0.4 is 0 Å². The van der Waals surface area contributed by atoms with Crippen LogP contribution in [-0.4, -0.2) is 84.7 Å². The molecule has 0 radical (unpaired) electrons. The van der Waals surface area contributed by atoms with Crippen LogP contribution in [0.15, 0.2) is 0 Å². The van der Waals surface area contributed by atoms with Crippen LogP contribution in [0.5, 0.6) is 0 Å². The minimum absolute atomic E-state index is 0.0440. The zero-order valence-electron chi connectivity index (χ0n) is 14.4. The summed E-state index contributed by atoms with van der Waals surface area (Å²) in [6, 6.07) is 0.519. The van der Waals surface area contributed by atoms with E-state index in [2.05, 4.69) is 29.2 Å². The van der Waals surface area contributed by atoms with E-state index in [0.717, 1.165) is 37.2 Å². The quantitative estimate of drug-likeness (QED) is 0.817. The van der Waals surface area contributed by atoms with Gasteiger partial charge in [0.25, 0.3) is 5.91 Å². The summed E-state index contributed by atoms with van der Waals surface area (Å²) in [6.45, 7) is 2.13. The maximum atomic E-state index is 12.8. The lowest BCUT2D eigenvalue weighted by atomic mass is 10.0. The van der Waals surface area contributed by atoms with Gasteiger partial charge in [-0.15, -0.1) is 0 Å². The van der Waals surface area contributed by atoms with Gasteiger partial charge in [0.15, 0.2) is 5.69 Å². The van der Waals surface area contributed by atoms with Crippen molar-refractivity contribution in [3.63, 3.8) is 0 Å². The Kier molecular flexibility index (Phi) is 4.67. The van der Waals surface area contributed by atoms with Crippen molar-refractivity contribution < 1.29 is 13.2 Å². The average molecular weight is 355 g/mol. The molecular formula is C15H25N5O3S. The standard InChI is InChI=1S/C15H25N5O3S/c1-18(2)11-4-7-19(8-5-11)15(21)14-12-6-9-20(24(3,22)23)10-13(12)16-17-14/h11H,4-10H2,1-3H3,(H,16,17). The first-order valence-corrected chi connectivity index (χ1v) is 10.1. The molecule has 9 heteroatoms. The molecule has 0 aliphatic carbocycles. The van der Waals surface area contributed by atoms with Crippen molar-refractivity contribution in [2.45, 2.75) is 31.8 Å². The molecule has 3 heterocycles. The smallest absolute Gasteiger partial charge is 0.274 e. The highest BCUT2D eigenvalue weighted by Gasteiger charge is 2.32. The van der Waals surface area contributed by atoms with E-state index >= 15 is 0 Å². The number of amides is 1. The summed E-state index contributed by atoms with van der Waals surface area (Å²) in [5.41, 5.74) is 2.06. The molecule has 0 aromatic carbocycles. The molecule has 0 saturated carbocycles. The summed E-state index contributed by atoms with van der Waals surface area (Å²) in [5, 5.41) is 7.06. The predicted molar refractivity (Wildman–Crippen MR) is 90.2 cm³/mol. The van der Waals surface area contributed by atoms with Crippen molar-refractivity contribution in [1.29, 1.82) is 0 Å². The number of aromatic amines is 1. The minimum Gasteiger partial charge on any atom is -0.337 e. The molecule has 1 fully saturated rings. The number of aromatic nitrogens is 2. The summed E-state index contributed by atoms with van der Waals surface area (Å²) in [6.07, 6.45) is 3.66. The number of fused-ring (bicyclic) bond motifs is 1. The zero-order chi connectivity index (χ0) is 17.5. The second-order valence-corrected chi connectivity index (χ2v) is 8.85. The number of rotatable bonds is 3. The highest BCUT2D eigenvalue weighted by molar-refractivity contribution is 7.88. The van der Waals surface area contributed by atoms with Crippen LogP contribution in [0.2, 0.25) is 0 Å². The molecule has 134 valence electrons. The van der Waals surface area contributed by atoms with E-state index in [-0.39, 0.29) is 12.5 Å². The van der Waals surface area contributed by atoms with Crippen molar-refractivity contribution >= 4 is 15.9 Å². The molecule has 0 unspecified atom stereocenters. The van der Waals surface area contributed by atoms with E-state index in [0.29, 0.717) is 24.7 Å². The van der Waals surface area contributed by atoms with Gasteiger partial charge in [-0.2, -0.15) is 9.40 Å². The van der Waals surface area contributed by atoms with Crippen molar-refractivity contribution in [3.05, 3.63) is 17.0 Å². The van der Waals surface area contributed by atoms with Gasteiger partial charge in [0, 0.05) is 31.2 Å². The summed E-state index contributed by atoms with van der Waals surface area (Å²) >= 11 is 0. The highest BCUT2D eigenvalue weighted by atomic mass is 32.2. The molecule has 24 heavy (non-hydrogen) atoms. The molecule has 0 bridgehead atoms. The third kappa shape index (κ3) is 3.33. The predicted octanol–water partition coefficient (Wildman–Crippen LogP) is -0.106. The number of carbonyl (C=O) groups excluding carboxylic acids is 1. The molecule has 3 rings (SSSR count). The normalized spacial score (nSPS) is 20.4. The Morgan fingerprint density at radius 1 is 1.25 bits per heavy atom. The van der Waals surface area contributed by atoms with E-state index in [4.69, 9.17) is 0 Å². The van der Waals surface area contributed by atoms with Crippen LogP contribution in [0.3, 0.4) is 0 Å². The minimum atomic E-state index is -3.23. The zero-order valence-corrected chi connectivity index (χ0v) is 15.3. The first-order valence-electron chi connectivity index (χ1n) is 8.24. The molecule has 8 nitrogen and oxygen atoms in total. The molecule has 1 aromatic heterocycles. The molecule has 1 amide bonds.